The van der Waals surface area contributed by atoms with Crippen molar-refractivity contribution in [3.63, 3.8) is 0 Å². The highest BCUT2D eigenvalue weighted by atomic mass is 32.2. The molecule has 4 nitrogen and oxygen atoms in total. The third-order valence-corrected chi connectivity index (χ3v) is 1.92. The van der Waals surface area contributed by atoms with E-state index in [1.54, 1.807) is 0 Å². The summed E-state index contributed by atoms with van der Waals surface area (Å²) in [5.74, 6) is -1.10. The van der Waals surface area contributed by atoms with Gasteiger partial charge in [0.25, 0.3) is 0 Å². The molecule has 1 heterocycles. The topological polar surface area (TPSA) is 80.4 Å². The molecule has 0 unspecified atom stereocenters. The first-order valence-electron chi connectivity index (χ1n) is 2.73. The van der Waals surface area contributed by atoms with Gasteiger partial charge in [-0.3, -0.25) is 4.79 Å². The van der Waals surface area contributed by atoms with Gasteiger partial charge in [0.2, 0.25) is 5.12 Å². The fraction of sp³-hybridized carbons (Fsp3) is 0. The van der Waals surface area contributed by atoms with Gasteiger partial charge in [-0.05, 0) is 11.8 Å². The molecule has 0 atom stereocenters. The number of aliphatic carboxylic acids is 1. The van der Waals surface area contributed by atoms with Crippen molar-refractivity contribution < 1.29 is 14.7 Å². The van der Waals surface area contributed by atoms with E-state index in [4.69, 9.17) is 10.8 Å². The summed E-state index contributed by atoms with van der Waals surface area (Å²) >= 11 is 0.826. The molecule has 11 heavy (non-hydrogen) atoms. The monoisotopic (exact) mass is 171 g/mol. The lowest BCUT2D eigenvalue weighted by atomic mass is 10.4. The van der Waals surface area contributed by atoms with Crippen LogP contribution in [0.4, 0.5) is 0 Å². The largest absolute Gasteiger partial charge is 0.478 e. The number of carbonyl (C=O) groups excluding carboxylic acids is 1. The molecule has 3 N–H and O–H groups in total. The third-order valence-electron chi connectivity index (χ3n) is 1.02. The normalized spacial score (nSPS) is 20.5. The summed E-state index contributed by atoms with van der Waals surface area (Å²) < 4.78 is 0. The lowest BCUT2D eigenvalue weighted by Gasteiger charge is -1.92. The Kier molecular flexibility index (Phi) is 2.00. The zero-order chi connectivity index (χ0) is 8.43. The van der Waals surface area contributed by atoms with E-state index >= 15 is 0 Å². The average Bonchev–Trinajstić information content (AvgIpc) is 2.09. The fourth-order valence-corrected chi connectivity index (χ4v) is 1.36. The summed E-state index contributed by atoms with van der Waals surface area (Å²) in [6.07, 6.45) is 2.13. The van der Waals surface area contributed by atoms with Crippen molar-refractivity contribution in [2.45, 2.75) is 0 Å². The van der Waals surface area contributed by atoms with Crippen LogP contribution in [-0.4, -0.2) is 16.2 Å². The molecular weight excluding hydrogens is 166 g/mol. The first kappa shape index (κ1) is 7.87. The second-order valence-electron chi connectivity index (χ2n) is 1.87. The van der Waals surface area contributed by atoms with E-state index in [1.165, 1.54) is 6.08 Å². The van der Waals surface area contributed by atoms with Crippen molar-refractivity contribution in [3.8, 4) is 0 Å². The molecular formula is C6H5NO3S. The Morgan fingerprint density at radius 2 is 2.36 bits per heavy atom. The Bertz CT molecular complexity index is 280. The van der Waals surface area contributed by atoms with Gasteiger partial charge in [-0.15, -0.1) is 0 Å². The Hall–Kier alpha value is -1.23. The fourth-order valence-electron chi connectivity index (χ4n) is 0.620. The maximum Gasteiger partial charge on any atom is 0.329 e. The van der Waals surface area contributed by atoms with Gasteiger partial charge in [0.1, 0.15) is 0 Å². The van der Waals surface area contributed by atoms with Crippen LogP contribution in [0.5, 0.6) is 0 Å². The molecule has 0 spiro atoms. The maximum absolute atomic E-state index is 10.6. The molecule has 1 aliphatic heterocycles. The van der Waals surface area contributed by atoms with E-state index in [0.29, 0.717) is 4.91 Å². The minimum Gasteiger partial charge on any atom is -0.478 e. The SMILES string of the molecule is NC1=CC(=O)S/C1=C\C(=O)O. The van der Waals surface area contributed by atoms with Gasteiger partial charge in [0.05, 0.1) is 5.70 Å². The van der Waals surface area contributed by atoms with Crippen LogP contribution in [0.1, 0.15) is 0 Å². The van der Waals surface area contributed by atoms with E-state index in [2.05, 4.69) is 0 Å². The number of hydrogen-bond donors (Lipinski definition) is 2. The summed E-state index contributed by atoms with van der Waals surface area (Å²) in [5.41, 5.74) is 5.53. The second-order valence-corrected chi connectivity index (χ2v) is 2.91. The summed E-state index contributed by atoms with van der Waals surface area (Å²) in [7, 11) is 0. The smallest absolute Gasteiger partial charge is 0.329 e. The van der Waals surface area contributed by atoms with E-state index < -0.39 is 5.97 Å². The van der Waals surface area contributed by atoms with Crippen LogP contribution in [0.3, 0.4) is 0 Å². The van der Waals surface area contributed by atoms with Crippen LogP contribution in [0.15, 0.2) is 22.8 Å². The van der Waals surface area contributed by atoms with Gasteiger partial charge in [0, 0.05) is 17.1 Å². The van der Waals surface area contributed by atoms with Crippen LogP contribution in [-0.2, 0) is 9.59 Å². The van der Waals surface area contributed by atoms with Crippen molar-refractivity contribution in [1.82, 2.24) is 0 Å². The van der Waals surface area contributed by atoms with E-state index in [0.717, 1.165) is 17.8 Å². The predicted octanol–water partition coefficient (Wildman–Crippen LogP) is 0.0709. The molecule has 1 aliphatic rings. The van der Waals surface area contributed by atoms with Crippen LogP contribution >= 0.6 is 11.8 Å². The van der Waals surface area contributed by atoms with Gasteiger partial charge in [-0.25, -0.2) is 4.79 Å². The molecule has 0 amide bonds. The number of thioether (sulfide) groups is 1. The van der Waals surface area contributed by atoms with Crippen molar-refractivity contribution in [2.24, 2.45) is 5.73 Å². The van der Waals surface area contributed by atoms with Crippen LogP contribution < -0.4 is 5.73 Å². The highest BCUT2D eigenvalue weighted by molar-refractivity contribution is 8.18. The molecule has 0 aromatic heterocycles. The minimum absolute atomic E-state index is 0.224. The standard InChI is InChI=1S/C6H5NO3S/c7-3-1-6(10)11-4(3)2-5(8)9/h1-2H,7H2,(H,8,9)/b4-2-. The lowest BCUT2D eigenvalue weighted by molar-refractivity contribution is -0.131. The molecule has 0 aliphatic carbocycles. The number of nitrogens with two attached hydrogens (primary N) is 1. The molecule has 0 bridgehead atoms. The lowest BCUT2D eigenvalue weighted by Crippen LogP contribution is -1.97. The molecule has 5 heteroatoms. The summed E-state index contributed by atoms with van der Waals surface area (Å²) in [6, 6.07) is 0. The molecule has 0 saturated heterocycles. The molecule has 0 radical (unpaired) electrons. The highest BCUT2D eigenvalue weighted by Crippen LogP contribution is 2.28. The number of rotatable bonds is 1. The first-order chi connectivity index (χ1) is 5.09. The molecule has 0 saturated carbocycles. The molecule has 1 rings (SSSR count). The Morgan fingerprint density at radius 1 is 1.73 bits per heavy atom. The molecule has 0 aromatic rings. The summed E-state index contributed by atoms with van der Waals surface area (Å²) in [5, 5.41) is 8.07. The van der Waals surface area contributed by atoms with E-state index in [1.807, 2.05) is 0 Å². The highest BCUT2D eigenvalue weighted by Gasteiger charge is 2.17. The molecule has 0 aromatic carbocycles. The van der Waals surface area contributed by atoms with Gasteiger partial charge in [0.15, 0.2) is 0 Å². The average molecular weight is 171 g/mol. The van der Waals surface area contributed by atoms with Gasteiger partial charge >= 0.3 is 5.97 Å². The van der Waals surface area contributed by atoms with Crippen LogP contribution in [0.25, 0.3) is 0 Å². The maximum atomic E-state index is 10.6. The van der Waals surface area contributed by atoms with Crippen molar-refractivity contribution in [2.75, 3.05) is 0 Å². The van der Waals surface area contributed by atoms with Crippen molar-refractivity contribution >= 4 is 22.8 Å². The zero-order valence-corrected chi connectivity index (χ0v) is 6.22. The van der Waals surface area contributed by atoms with E-state index in [9.17, 15) is 9.59 Å². The summed E-state index contributed by atoms with van der Waals surface area (Å²) in [6.45, 7) is 0. The predicted molar refractivity (Wildman–Crippen MR) is 40.6 cm³/mol. The number of carbonyl (C=O) groups is 2. The summed E-state index contributed by atoms with van der Waals surface area (Å²) in [4.78, 5) is 21.0. The third kappa shape index (κ3) is 1.84. The quantitative estimate of drug-likeness (QED) is 0.546. The molecule has 58 valence electrons. The van der Waals surface area contributed by atoms with Gasteiger partial charge < -0.3 is 10.8 Å². The van der Waals surface area contributed by atoms with Gasteiger partial charge in [-0.1, -0.05) is 0 Å². The van der Waals surface area contributed by atoms with Crippen LogP contribution in [0, 0.1) is 0 Å². The van der Waals surface area contributed by atoms with Gasteiger partial charge in [-0.2, -0.15) is 0 Å². The zero-order valence-electron chi connectivity index (χ0n) is 5.40. The van der Waals surface area contributed by atoms with Crippen molar-refractivity contribution in [3.05, 3.63) is 22.8 Å². The number of hydrogen-bond acceptors (Lipinski definition) is 4. The first-order valence-corrected chi connectivity index (χ1v) is 3.55. The Balaban J connectivity index is 2.87. The van der Waals surface area contributed by atoms with Crippen molar-refractivity contribution in [1.29, 1.82) is 0 Å². The van der Waals surface area contributed by atoms with Crippen LogP contribution in [0.2, 0.25) is 0 Å². The second kappa shape index (κ2) is 2.79. The Morgan fingerprint density at radius 3 is 2.73 bits per heavy atom. The molecule has 0 fully saturated rings. The number of carboxylic acid groups (broad SMARTS) is 1. The Labute approximate surface area is 66.8 Å². The minimum atomic E-state index is -1.10. The van der Waals surface area contributed by atoms with E-state index in [-0.39, 0.29) is 10.8 Å². The number of carboxylic acids is 1.